The van der Waals surface area contributed by atoms with Crippen molar-refractivity contribution in [2.24, 2.45) is 28.1 Å². The first-order chi connectivity index (χ1) is 26.6. The van der Waals surface area contributed by atoms with Gasteiger partial charge in [-0.2, -0.15) is 0 Å². The Hall–Kier alpha value is -6.45. The molecule has 6 amide bonds. The number of nitrogens with zero attached hydrogens (tertiary/aromatic N) is 3. The summed E-state index contributed by atoms with van der Waals surface area (Å²) in [5, 5.41) is 8.02. The predicted octanol–water partition coefficient (Wildman–Crippen LogP) is 1.50. The summed E-state index contributed by atoms with van der Waals surface area (Å²) in [5.41, 5.74) is 18.0. The van der Waals surface area contributed by atoms with E-state index in [9.17, 15) is 33.2 Å². The van der Waals surface area contributed by atoms with Crippen LogP contribution in [0.2, 0.25) is 0 Å². The number of guanidine groups is 1. The molecule has 0 radical (unpaired) electrons. The van der Waals surface area contributed by atoms with Gasteiger partial charge in [-0.25, -0.2) is 4.39 Å². The van der Waals surface area contributed by atoms with Crippen LogP contribution in [0.4, 0.5) is 4.39 Å². The summed E-state index contributed by atoms with van der Waals surface area (Å²) < 4.78 is 13.9. The van der Waals surface area contributed by atoms with E-state index in [0.29, 0.717) is 23.1 Å². The highest BCUT2D eigenvalue weighted by atomic mass is 19.1. The second-order valence-corrected chi connectivity index (χ2v) is 13.5. The second-order valence-electron chi connectivity index (χ2n) is 13.5. The summed E-state index contributed by atoms with van der Waals surface area (Å²) >= 11 is 0. The molecule has 15 nitrogen and oxygen atoms in total. The Morgan fingerprint density at radius 2 is 1.45 bits per heavy atom. The number of amides is 6. The Balaban J connectivity index is 1.96. The molecule has 2 aromatic carbocycles. The SMILES string of the molecule is CC(=O)N(C(=O)/C=C/c1ccccc1)[C@@H](Cc1ccc(F)cc1)C(=O)N[C@@H](Cc1cccnc1)C(=O)N[C@@H](CC(C)C)C(=O)N[C@@H](CCCN=C(N)N)C(N)=O. The maximum Gasteiger partial charge on any atom is 0.253 e. The number of carbonyl (C=O) groups is 6. The molecule has 4 atom stereocenters. The zero-order valence-electron chi connectivity index (χ0n) is 31.7. The number of primary amides is 1. The van der Waals surface area contributed by atoms with Gasteiger partial charge in [0, 0.05) is 44.8 Å². The molecule has 3 aromatic rings. The first-order valence-corrected chi connectivity index (χ1v) is 18.1. The number of aliphatic imine (C=N–C) groups is 1. The molecule has 1 aromatic heterocycles. The second kappa shape index (κ2) is 22.1. The Kier molecular flexibility index (Phi) is 17.3. The molecule has 0 aliphatic rings. The van der Waals surface area contributed by atoms with Gasteiger partial charge >= 0.3 is 0 Å². The van der Waals surface area contributed by atoms with Crippen molar-refractivity contribution in [1.29, 1.82) is 0 Å². The summed E-state index contributed by atoms with van der Waals surface area (Å²) in [6.45, 7) is 5.00. The normalized spacial score (nSPS) is 13.2. The van der Waals surface area contributed by atoms with Crippen molar-refractivity contribution >= 4 is 47.5 Å². The molecule has 0 fully saturated rings. The van der Waals surface area contributed by atoms with Gasteiger partial charge in [-0.05, 0) is 66.1 Å². The zero-order chi connectivity index (χ0) is 41.2. The van der Waals surface area contributed by atoms with Crippen molar-refractivity contribution in [2.45, 2.75) is 77.0 Å². The lowest BCUT2D eigenvalue weighted by Crippen LogP contribution is -2.59. The lowest BCUT2D eigenvalue weighted by atomic mass is 9.99. The van der Waals surface area contributed by atoms with E-state index >= 15 is 0 Å². The van der Waals surface area contributed by atoms with Crippen molar-refractivity contribution in [3.63, 3.8) is 0 Å². The van der Waals surface area contributed by atoms with Gasteiger partial charge in [0.15, 0.2) is 5.96 Å². The highest BCUT2D eigenvalue weighted by Crippen LogP contribution is 2.15. The van der Waals surface area contributed by atoms with E-state index in [4.69, 9.17) is 17.2 Å². The summed E-state index contributed by atoms with van der Waals surface area (Å²) in [6, 6.07) is 12.3. The van der Waals surface area contributed by atoms with Crippen molar-refractivity contribution in [3.8, 4) is 0 Å². The standard InChI is InChI=1S/C40H50FN9O6/c1-25(2)21-32(37(54)47-31(36(42)53)12-8-20-46-40(43)44)48-38(55)33(22-29-11-7-19-45-24-29)49-39(56)34(23-28-13-16-30(41)17-14-28)50(26(3)51)35(52)18-15-27-9-5-4-6-10-27/h4-7,9-11,13-19,24-25,31-34H,8,12,20-23H2,1-3H3,(H2,42,53)(H,47,54)(H,48,55)(H,49,56)(H4,43,44,46)/b18-15+/t31-,32-,33-,34-/m0/s1. The zero-order valence-corrected chi connectivity index (χ0v) is 31.7. The number of rotatable bonds is 20. The number of benzene rings is 2. The number of imide groups is 1. The van der Waals surface area contributed by atoms with Gasteiger partial charge in [-0.3, -0.25) is 43.6 Å². The third kappa shape index (κ3) is 14.8. The molecule has 0 unspecified atom stereocenters. The van der Waals surface area contributed by atoms with Gasteiger partial charge in [0.25, 0.3) is 5.91 Å². The van der Waals surface area contributed by atoms with Gasteiger partial charge < -0.3 is 33.2 Å². The molecular weight excluding hydrogens is 721 g/mol. The van der Waals surface area contributed by atoms with Gasteiger partial charge in [0.05, 0.1) is 0 Å². The fourth-order valence-corrected chi connectivity index (χ4v) is 5.75. The van der Waals surface area contributed by atoms with Crippen LogP contribution in [0.1, 0.15) is 56.7 Å². The van der Waals surface area contributed by atoms with Gasteiger partial charge in [-0.1, -0.05) is 62.4 Å². The number of halogens is 1. The molecule has 0 aliphatic heterocycles. The molecule has 3 rings (SSSR count). The molecule has 0 aliphatic carbocycles. The van der Waals surface area contributed by atoms with Crippen LogP contribution < -0.4 is 33.2 Å². The summed E-state index contributed by atoms with van der Waals surface area (Å²) in [5.74, 6) is -5.42. The van der Waals surface area contributed by atoms with Crippen LogP contribution in [0.3, 0.4) is 0 Å². The molecule has 0 saturated heterocycles. The lowest BCUT2D eigenvalue weighted by molar-refractivity contribution is -0.148. The average Bonchev–Trinajstić information content (AvgIpc) is 3.15. The Morgan fingerprint density at radius 1 is 0.804 bits per heavy atom. The third-order valence-corrected chi connectivity index (χ3v) is 8.49. The predicted molar refractivity (Wildman–Crippen MR) is 209 cm³/mol. The van der Waals surface area contributed by atoms with Gasteiger partial charge in [-0.15, -0.1) is 0 Å². The van der Waals surface area contributed by atoms with Crippen molar-refractivity contribution in [3.05, 3.63) is 108 Å². The Labute approximate surface area is 325 Å². The molecule has 16 heteroatoms. The summed E-state index contributed by atoms with van der Waals surface area (Å²) in [7, 11) is 0. The molecule has 9 N–H and O–H groups in total. The number of nitrogens with two attached hydrogens (primary N) is 3. The minimum absolute atomic E-state index is 0.0959. The van der Waals surface area contributed by atoms with Crippen LogP contribution in [0, 0.1) is 11.7 Å². The maximum atomic E-state index is 14.3. The van der Waals surface area contributed by atoms with Crippen molar-refractivity contribution < 1.29 is 33.2 Å². The summed E-state index contributed by atoms with van der Waals surface area (Å²) in [6.07, 6.45) is 5.99. The number of carbonyl (C=O) groups excluding carboxylic acids is 6. The topological polar surface area (TPSA) is 245 Å². The number of nitrogens with one attached hydrogen (secondary N) is 3. The van der Waals surface area contributed by atoms with Crippen LogP contribution in [-0.2, 0) is 41.6 Å². The van der Waals surface area contributed by atoms with Crippen molar-refractivity contribution in [2.75, 3.05) is 6.54 Å². The molecule has 56 heavy (non-hydrogen) atoms. The van der Waals surface area contributed by atoms with Gasteiger partial charge in [0.2, 0.25) is 29.5 Å². The van der Waals surface area contributed by atoms with Crippen molar-refractivity contribution in [1.82, 2.24) is 25.8 Å². The first-order valence-electron chi connectivity index (χ1n) is 18.1. The average molecular weight is 772 g/mol. The largest absolute Gasteiger partial charge is 0.370 e. The monoisotopic (exact) mass is 771 g/mol. The van der Waals surface area contributed by atoms with E-state index in [1.54, 1.807) is 42.5 Å². The molecule has 298 valence electrons. The number of aromatic nitrogens is 1. The van der Waals surface area contributed by atoms with E-state index in [2.05, 4.69) is 25.9 Å². The smallest absolute Gasteiger partial charge is 0.253 e. The molecule has 0 saturated carbocycles. The van der Waals surface area contributed by atoms with Gasteiger partial charge in [0.1, 0.15) is 30.0 Å². The van der Waals surface area contributed by atoms with E-state index in [1.165, 1.54) is 42.7 Å². The highest BCUT2D eigenvalue weighted by Gasteiger charge is 2.36. The number of hydrogen-bond acceptors (Lipinski definition) is 8. The minimum atomic E-state index is -1.49. The van der Waals surface area contributed by atoms with E-state index in [-0.39, 0.29) is 44.1 Å². The molecule has 1 heterocycles. The minimum Gasteiger partial charge on any atom is -0.370 e. The lowest BCUT2D eigenvalue weighted by Gasteiger charge is -2.30. The molecule has 0 bridgehead atoms. The quantitative estimate of drug-likeness (QED) is 0.0421. The fourth-order valence-electron chi connectivity index (χ4n) is 5.75. The van der Waals surface area contributed by atoms with Crippen LogP contribution >= 0.6 is 0 Å². The summed E-state index contributed by atoms with van der Waals surface area (Å²) in [4.78, 5) is 89.8. The number of hydrogen-bond donors (Lipinski definition) is 6. The van der Waals surface area contributed by atoms with Crippen LogP contribution in [-0.4, -0.2) is 82.0 Å². The Bertz CT molecular complexity index is 1850. The third-order valence-electron chi connectivity index (χ3n) is 8.49. The van der Waals surface area contributed by atoms with Crippen LogP contribution in [0.25, 0.3) is 6.08 Å². The van der Waals surface area contributed by atoms with E-state index in [1.807, 2.05) is 13.8 Å². The fraction of sp³-hybridized carbons (Fsp3) is 0.350. The molecular formula is C40H50FN9O6. The van der Waals surface area contributed by atoms with E-state index < -0.39 is 65.4 Å². The molecule has 0 spiro atoms. The first kappa shape index (κ1) is 44.0. The highest BCUT2D eigenvalue weighted by molar-refractivity contribution is 6.06. The van der Waals surface area contributed by atoms with E-state index in [0.717, 1.165) is 17.9 Å². The Morgan fingerprint density at radius 3 is 2.04 bits per heavy atom. The number of pyridine rings is 1. The van der Waals surface area contributed by atoms with Crippen LogP contribution in [0.5, 0.6) is 0 Å². The maximum absolute atomic E-state index is 14.3. The van der Waals surface area contributed by atoms with Crippen LogP contribution in [0.15, 0.2) is 90.2 Å².